The molecule has 0 heterocycles. The topological polar surface area (TPSA) is 49.4 Å². The fourth-order valence-electron chi connectivity index (χ4n) is 2.48. The predicted molar refractivity (Wildman–Crippen MR) is 83.3 cm³/mol. The van der Waals surface area contributed by atoms with E-state index in [1.807, 2.05) is 6.92 Å². The van der Waals surface area contributed by atoms with Gasteiger partial charge >= 0.3 is 0 Å². The van der Waals surface area contributed by atoms with Crippen molar-refractivity contribution in [1.29, 1.82) is 0 Å². The molecule has 5 heteroatoms. The highest BCUT2D eigenvalue weighted by molar-refractivity contribution is 7.91. The fourth-order valence-corrected chi connectivity index (χ4v) is 3.60. The Bertz CT molecular complexity index is 324. The molecule has 0 fully saturated rings. The summed E-state index contributed by atoms with van der Waals surface area (Å²) in [7, 11) is 1.30. The molecule has 0 bridgehead atoms. The molecule has 0 rings (SSSR count). The van der Waals surface area contributed by atoms with Gasteiger partial charge in [-0.3, -0.25) is 0 Å². The number of hydrogen-bond donors (Lipinski definition) is 1. The Morgan fingerprint density at radius 2 is 1.63 bits per heavy atom. The lowest BCUT2D eigenvalue weighted by molar-refractivity contribution is 0.191. The van der Waals surface area contributed by atoms with E-state index in [2.05, 4.69) is 38.2 Å². The average Bonchev–Trinajstić information content (AvgIpc) is 2.33. The van der Waals surface area contributed by atoms with Crippen molar-refractivity contribution in [2.24, 2.45) is 5.92 Å². The molecule has 0 spiro atoms. The minimum atomic E-state index is -2.89. The van der Waals surface area contributed by atoms with Gasteiger partial charge in [0.15, 0.2) is 9.84 Å². The Morgan fingerprint density at radius 3 is 2.00 bits per heavy atom. The van der Waals surface area contributed by atoms with Gasteiger partial charge in [-0.1, -0.05) is 33.6 Å². The second-order valence-corrected chi connectivity index (χ2v) is 8.01. The van der Waals surface area contributed by atoms with Crippen molar-refractivity contribution in [1.82, 2.24) is 10.2 Å². The van der Waals surface area contributed by atoms with Crippen LogP contribution in [0.4, 0.5) is 0 Å². The molecular weight excluding hydrogens is 260 g/mol. The molecular formula is C14H32N2O2S. The molecule has 0 aromatic rings. The van der Waals surface area contributed by atoms with E-state index in [0.717, 1.165) is 19.4 Å². The molecule has 0 aromatic carbocycles. The zero-order valence-electron chi connectivity index (χ0n) is 13.4. The van der Waals surface area contributed by atoms with Gasteiger partial charge in [0.2, 0.25) is 0 Å². The van der Waals surface area contributed by atoms with Gasteiger partial charge in [0, 0.05) is 24.4 Å². The maximum atomic E-state index is 11.6. The number of rotatable bonds is 10. The normalized spacial score (nSPS) is 16.0. The summed E-state index contributed by atoms with van der Waals surface area (Å²) < 4.78 is 23.2. The summed E-state index contributed by atoms with van der Waals surface area (Å²) >= 11 is 0. The van der Waals surface area contributed by atoms with Gasteiger partial charge in [0.1, 0.15) is 0 Å². The maximum Gasteiger partial charge on any atom is 0.151 e. The minimum Gasteiger partial charge on any atom is -0.312 e. The van der Waals surface area contributed by atoms with Crippen molar-refractivity contribution in [3.8, 4) is 0 Å². The third-order valence-electron chi connectivity index (χ3n) is 3.88. The van der Waals surface area contributed by atoms with E-state index in [9.17, 15) is 8.42 Å². The fraction of sp³-hybridized carbons (Fsp3) is 1.00. The van der Waals surface area contributed by atoms with E-state index in [1.54, 1.807) is 6.92 Å². The van der Waals surface area contributed by atoms with Crippen LogP contribution >= 0.6 is 0 Å². The monoisotopic (exact) mass is 292 g/mol. The van der Waals surface area contributed by atoms with Crippen molar-refractivity contribution in [2.45, 2.75) is 52.6 Å². The first-order valence-corrected chi connectivity index (χ1v) is 9.19. The second-order valence-electron chi connectivity index (χ2n) is 5.62. The summed E-state index contributed by atoms with van der Waals surface area (Å²) in [5, 5.41) is 3.38. The standard InChI is InChI=1S/C14H32N2O2S/c1-7-13(8-2)14(16(5)6)10-15-12(4)11-19(17,18)9-3/h12-15H,7-11H2,1-6H3. The molecule has 0 amide bonds. The predicted octanol–water partition coefficient (Wildman–Crippen LogP) is 1.77. The van der Waals surface area contributed by atoms with E-state index in [0.29, 0.717) is 12.0 Å². The number of nitrogens with one attached hydrogen (secondary N) is 1. The van der Waals surface area contributed by atoms with Crippen molar-refractivity contribution in [2.75, 3.05) is 32.1 Å². The van der Waals surface area contributed by atoms with Crippen molar-refractivity contribution in [3.63, 3.8) is 0 Å². The molecule has 2 unspecified atom stereocenters. The quantitative estimate of drug-likeness (QED) is 0.667. The van der Waals surface area contributed by atoms with Crippen LogP contribution in [0.5, 0.6) is 0 Å². The second kappa shape index (κ2) is 8.93. The highest BCUT2D eigenvalue weighted by Crippen LogP contribution is 2.16. The SMILES string of the molecule is CCC(CC)C(CNC(C)CS(=O)(=O)CC)N(C)C. The highest BCUT2D eigenvalue weighted by Gasteiger charge is 2.22. The summed E-state index contributed by atoms with van der Waals surface area (Å²) in [5.41, 5.74) is 0. The van der Waals surface area contributed by atoms with Crippen LogP contribution in [0.15, 0.2) is 0 Å². The lowest BCUT2D eigenvalue weighted by Crippen LogP contribution is -2.46. The molecule has 0 saturated carbocycles. The Kier molecular flexibility index (Phi) is 8.86. The first kappa shape index (κ1) is 18.9. The highest BCUT2D eigenvalue weighted by atomic mass is 32.2. The van der Waals surface area contributed by atoms with Gasteiger partial charge < -0.3 is 10.2 Å². The van der Waals surface area contributed by atoms with Crippen LogP contribution in [-0.4, -0.2) is 57.5 Å². The van der Waals surface area contributed by atoms with Crippen LogP contribution in [0.25, 0.3) is 0 Å². The van der Waals surface area contributed by atoms with Crippen molar-refractivity contribution < 1.29 is 8.42 Å². The average molecular weight is 292 g/mol. The van der Waals surface area contributed by atoms with Gasteiger partial charge in [0.05, 0.1) is 5.75 Å². The Morgan fingerprint density at radius 1 is 1.11 bits per heavy atom. The van der Waals surface area contributed by atoms with E-state index in [4.69, 9.17) is 0 Å². The lowest BCUT2D eigenvalue weighted by Gasteiger charge is -2.32. The zero-order chi connectivity index (χ0) is 15.1. The van der Waals surface area contributed by atoms with E-state index in [-0.39, 0.29) is 17.5 Å². The maximum absolute atomic E-state index is 11.6. The number of sulfone groups is 1. The molecule has 116 valence electrons. The van der Waals surface area contributed by atoms with Gasteiger partial charge in [-0.2, -0.15) is 0 Å². The van der Waals surface area contributed by atoms with E-state index < -0.39 is 9.84 Å². The molecule has 19 heavy (non-hydrogen) atoms. The van der Waals surface area contributed by atoms with Gasteiger partial charge in [-0.15, -0.1) is 0 Å². The molecule has 0 aromatic heterocycles. The third-order valence-corrected chi connectivity index (χ3v) is 5.76. The third kappa shape index (κ3) is 7.28. The zero-order valence-corrected chi connectivity index (χ0v) is 14.3. The summed E-state index contributed by atoms with van der Waals surface area (Å²) in [6, 6.07) is 0.476. The molecule has 0 aliphatic heterocycles. The number of nitrogens with zero attached hydrogens (tertiary/aromatic N) is 1. The summed E-state index contributed by atoms with van der Waals surface area (Å²) in [5.74, 6) is 1.10. The van der Waals surface area contributed by atoms with Crippen LogP contribution in [0, 0.1) is 5.92 Å². The van der Waals surface area contributed by atoms with Gasteiger partial charge in [-0.05, 0) is 26.9 Å². The first-order chi connectivity index (χ1) is 8.77. The Hall–Kier alpha value is -0.130. The minimum absolute atomic E-state index is 0.0155. The van der Waals surface area contributed by atoms with Crippen LogP contribution in [-0.2, 0) is 9.84 Å². The molecule has 1 N–H and O–H groups in total. The van der Waals surface area contributed by atoms with Crippen LogP contribution in [0.3, 0.4) is 0 Å². The Labute approximate surface area is 119 Å². The number of hydrogen-bond acceptors (Lipinski definition) is 4. The van der Waals surface area contributed by atoms with Crippen LogP contribution < -0.4 is 5.32 Å². The summed E-state index contributed by atoms with van der Waals surface area (Å²) in [4.78, 5) is 2.24. The van der Waals surface area contributed by atoms with Crippen LogP contribution in [0.2, 0.25) is 0 Å². The molecule has 4 nitrogen and oxygen atoms in total. The first-order valence-electron chi connectivity index (χ1n) is 7.37. The summed E-state index contributed by atoms with van der Waals surface area (Å²) in [6.45, 7) is 8.94. The molecule has 0 saturated heterocycles. The van der Waals surface area contributed by atoms with Crippen molar-refractivity contribution >= 4 is 9.84 Å². The lowest BCUT2D eigenvalue weighted by atomic mass is 9.93. The van der Waals surface area contributed by atoms with Crippen LogP contribution in [0.1, 0.15) is 40.5 Å². The van der Waals surface area contributed by atoms with Gasteiger partial charge in [0.25, 0.3) is 0 Å². The molecule has 0 aliphatic rings. The molecule has 0 radical (unpaired) electrons. The molecule has 0 aliphatic carbocycles. The van der Waals surface area contributed by atoms with E-state index >= 15 is 0 Å². The largest absolute Gasteiger partial charge is 0.312 e. The number of likely N-dealkylation sites (N-methyl/N-ethyl adjacent to an activating group) is 1. The van der Waals surface area contributed by atoms with E-state index in [1.165, 1.54) is 0 Å². The Balaban J connectivity index is 4.40. The van der Waals surface area contributed by atoms with Gasteiger partial charge in [-0.25, -0.2) is 8.42 Å². The van der Waals surface area contributed by atoms with Crippen molar-refractivity contribution in [3.05, 3.63) is 0 Å². The summed E-state index contributed by atoms with van der Waals surface area (Å²) in [6.07, 6.45) is 2.31. The molecule has 2 atom stereocenters. The smallest absolute Gasteiger partial charge is 0.151 e.